The zero-order valence-corrected chi connectivity index (χ0v) is 13.4. The van der Waals surface area contributed by atoms with Gasteiger partial charge in [0.1, 0.15) is 0 Å². The van der Waals surface area contributed by atoms with Gasteiger partial charge in [-0.25, -0.2) is 0 Å². The highest BCUT2D eigenvalue weighted by Crippen LogP contribution is 2.37. The minimum absolute atomic E-state index is 0.0268. The second-order valence-electron chi connectivity index (χ2n) is 5.28. The van der Waals surface area contributed by atoms with Crippen molar-refractivity contribution in [2.75, 3.05) is 6.54 Å². The summed E-state index contributed by atoms with van der Waals surface area (Å²) in [5.74, 6) is 0.0730. The Kier molecular flexibility index (Phi) is 4.54. The Morgan fingerprint density at radius 3 is 2.82 bits per heavy atom. The van der Waals surface area contributed by atoms with E-state index in [9.17, 15) is 4.79 Å². The molecule has 3 rings (SSSR count). The number of hydrogen-bond donors (Lipinski definition) is 0. The summed E-state index contributed by atoms with van der Waals surface area (Å²) in [6.45, 7) is 2.71. The van der Waals surface area contributed by atoms with E-state index in [0.29, 0.717) is 0 Å². The van der Waals surface area contributed by atoms with Crippen LogP contribution in [0.2, 0.25) is 0 Å². The molecule has 0 radical (unpaired) electrons. The fourth-order valence-corrected chi connectivity index (χ4v) is 3.80. The summed E-state index contributed by atoms with van der Waals surface area (Å²) >= 11 is 1.79. The van der Waals surface area contributed by atoms with Crippen molar-refractivity contribution in [1.29, 1.82) is 0 Å². The molecule has 22 heavy (non-hydrogen) atoms. The van der Waals surface area contributed by atoms with Crippen LogP contribution in [0.4, 0.5) is 0 Å². The molecule has 2 nitrogen and oxygen atoms in total. The van der Waals surface area contributed by atoms with E-state index in [2.05, 4.69) is 23.6 Å². The predicted molar refractivity (Wildman–Crippen MR) is 92.0 cm³/mol. The normalized spacial score (nSPS) is 18.0. The Morgan fingerprint density at radius 1 is 1.23 bits per heavy atom. The lowest BCUT2D eigenvalue weighted by Gasteiger charge is -2.35. The zero-order valence-electron chi connectivity index (χ0n) is 12.6. The molecular formula is C19H19NOS. The van der Waals surface area contributed by atoms with E-state index in [-0.39, 0.29) is 11.9 Å². The molecule has 3 heteroatoms. The molecule has 0 saturated heterocycles. The first-order valence-corrected chi connectivity index (χ1v) is 8.40. The van der Waals surface area contributed by atoms with Crippen LogP contribution in [-0.2, 0) is 11.2 Å². The molecule has 1 aromatic carbocycles. The SMILES string of the molecule is C/C=C/C=C/C(=O)N1CCc2sccc2C1c1ccccc1. The van der Waals surface area contributed by atoms with Crippen molar-refractivity contribution in [3.05, 3.63) is 82.1 Å². The van der Waals surface area contributed by atoms with E-state index in [1.165, 1.54) is 16.0 Å². The maximum absolute atomic E-state index is 12.6. The van der Waals surface area contributed by atoms with Gasteiger partial charge < -0.3 is 4.90 Å². The van der Waals surface area contributed by atoms with Crippen LogP contribution < -0.4 is 0 Å². The van der Waals surface area contributed by atoms with Gasteiger partial charge in [-0.2, -0.15) is 0 Å². The fraction of sp³-hybridized carbons (Fsp3) is 0.211. The third kappa shape index (κ3) is 2.90. The molecule has 2 aromatic rings. The third-order valence-corrected chi connectivity index (χ3v) is 4.90. The number of carbonyl (C=O) groups excluding carboxylic acids is 1. The first kappa shape index (κ1) is 14.8. The Hall–Kier alpha value is -2.13. The minimum Gasteiger partial charge on any atom is -0.328 e. The number of fused-ring (bicyclic) bond motifs is 1. The Morgan fingerprint density at radius 2 is 2.05 bits per heavy atom. The van der Waals surface area contributed by atoms with E-state index >= 15 is 0 Å². The van der Waals surface area contributed by atoms with Crippen molar-refractivity contribution in [2.45, 2.75) is 19.4 Å². The van der Waals surface area contributed by atoms with Gasteiger partial charge in [-0.3, -0.25) is 4.79 Å². The molecule has 1 aliphatic heterocycles. The van der Waals surface area contributed by atoms with Crippen molar-refractivity contribution in [3.8, 4) is 0 Å². The molecule has 1 unspecified atom stereocenters. The summed E-state index contributed by atoms with van der Waals surface area (Å²) in [4.78, 5) is 16.0. The zero-order chi connectivity index (χ0) is 15.4. The molecule has 1 aliphatic rings. The summed E-state index contributed by atoms with van der Waals surface area (Å²) < 4.78 is 0. The molecule has 112 valence electrons. The van der Waals surface area contributed by atoms with Crippen molar-refractivity contribution >= 4 is 17.2 Å². The van der Waals surface area contributed by atoms with Crippen LogP contribution in [0.25, 0.3) is 0 Å². The molecule has 1 atom stereocenters. The standard InChI is InChI=1S/C19H19NOS/c1-2-3-5-10-18(21)20-13-11-17-16(12-14-22-17)19(20)15-8-6-4-7-9-15/h2-10,12,14,19H,11,13H2,1H3/b3-2+,10-5+. The average Bonchev–Trinajstić information content (AvgIpc) is 3.03. The highest BCUT2D eigenvalue weighted by atomic mass is 32.1. The lowest BCUT2D eigenvalue weighted by Crippen LogP contribution is -2.39. The van der Waals surface area contributed by atoms with Gasteiger partial charge in [0.25, 0.3) is 0 Å². The van der Waals surface area contributed by atoms with Gasteiger partial charge in [-0.05, 0) is 35.9 Å². The number of carbonyl (C=O) groups is 1. The second kappa shape index (κ2) is 6.75. The Bertz CT molecular complexity index is 699. The van der Waals surface area contributed by atoms with Gasteiger partial charge in [0.05, 0.1) is 6.04 Å². The topological polar surface area (TPSA) is 20.3 Å². The number of thiophene rings is 1. The second-order valence-corrected chi connectivity index (χ2v) is 6.28. The van der Waals surface area contributed by atoms with Crippen LogP contribution in [0.15, 0.2) is 66.1 Å². The van der Waals surface area contributed by atoms with Crippen LogP contribution >= 0.6 is 11.3 Å². The van der Waals surface area contributed by atoms with E-state index in [1.54, 1.807) is 17.4 Å². The van der Waals surface area contributed by atoms with E-state index in [4.69, 9.17) is 0 Å². The molecule has 1 aromatic heterocycles. The number of hydrogen-bond acceptors (Lipinski definition) is 2. The molecule has 0 aliphatic carbocycles. The summed E-state index contributed by atoms with van der Waals surface area (Å²) in [6, 6.07) is 12.5. The molecule has 1 amide bonds. The molecule has 0 spiro atoms. The molecule has 0 saturated carbocycles. The smallest absolute Gasteiger partial charge is 0.247 e. The summed E-state index contributed by atoms with van der Waals surface area (Å²) in [6.07, 6.45) is 8.22. The van der Waals surface area contributed by atoms with Crippen LogP contribution in [0.1, 0.15) is 29.0 Å². The molecule has 0 bridgehead atoms. The molecule has 0 N–H and O–H groups in total. The monoisotopic (exact) mass is 309 g/mol. The van der Waals surface area contributed by atoms with Crippen molar-refractivity contribution in [2.24, 2.45) is 0 Å². The van der Waals surface area contributed by atoms with Crippen molar-refractivity contribution < 1.29 is 4.79 Å². The van der Waals surface area contributed by atoms with Gasteiger partial charge in [-0.15, -0.1) is 11.3 Å². The van der Waals surface area contributed by atoms with Gasteiger partial charge in [0.15, 0.2) is 0 Å². The first-order valence-electron chi connectivity index (χ1n) is 7.52. The Balaban J connectivity index is 1.97. The highest BCUT2D eigenvalue weighted by Gasteiger charge is 2.31. The number of rotatable bonds is 3. The largest absolute Gasteiger partial charge is 0.328 e. The average molecular weight is 309 g/mol. The highest BCUT2D eigenvalue weighted by molar-refractivity contribution is 7.10. The van der Waals surface area contributed by atoms with E-state index < -0.39 is 0 Å². The van der Waals surface area contributed by atoms with Gasteiger partial charge in [0, 0.05) is 17.5 Å². The van der Waals surface area contributed by atoms with Gasteiger partial charge in [0.2, 0.25) is 5.91 Å². The lowest BCUT2D eigenvalue weighted by molar-refractivity contribution is -0.128. The van der Waals surface area contributed by atoms with Crippen molar-refractivity contribution in [3.63, 3.8) is 0 Å². The molecule has 0 fully saturated rings. The number of nitrogens with zero attached hydrogens (tertiary/aromatic N) is 1. The number of amides is 1. The lowest BCUT2D eigenvalue weighted by atomic mass is 9.93. The van der Waals surface area contributed by atoms with E-state index in [0.717, 1.165) is 13.0 Å². The Labute approximate surface area is 135 Å². The van der Waals surface area contributed by atoms with Crippen LogP contribution in [0.5, 0.6) is 0 Å². The molecular weight excluding hydrogens is 290 g/mol. The maximum atomic E-state index is 12.6. The van der Waals surface area contributed by atoms with E-state index in [1.807, 2.05) is 48.3 Å². The van der Waals surface area contributed by atoms with Crippen molar-refractivity contribution in [1.82, 2.24) is 4.90 Å². The van der Waals surface area contributed by atoms with Crippen LogP contribution in [0.3, 0.4) is 0 Å². The fourth-order valence-electron chi connectivity index (χ4n) is 2.89. The quantitative estimate of drug-likeness (QED) is 0.609. The summed E-state index contributed by atoms with van der Waals surface area (Å²) in [5, 5.41) is 2.13. The first-order chi connectivity index (χ1) is 10.8. The minimum atomic E-state index is 0.0268. The maximum Gasteiger partial charge on any atom is 0.247 e. The number of benzene rings is 1. The predicted octanol–water partition coefficient (Wildman–Crippen LogP) is 4.35. The van der Waals surface area contributed by atoms with Crippen LogP contribution in [0, 0.1) is 0 Å². The van der Waals surface area contributed by atoms with Gasteiger partial charge in [-0.1, -0.05) is 48.6 Å². The molecule has 2 heterocycles. The third-order valence-electron chi connectivity index (χ3n) is 3.91. The van der Waals surface area contributed by atoms with Crippen LogP contribution in [-0.4, -0.2) is 17.4 Å². The van der Waals surface area contributed by atoms with Gasteiger partial charge >= 0.3 is 0 Å². The summed E-state index contributed by atoms with van der Waals surface area (Å²) in [5.41, 5.74) is 2.45. The summed E-state index contributed by atoms with van der Waals surface area (Å²) in [7, 11) is 0. The number of allylic oxidation sites excluding steroid dienone is 3.